The summed E-state index contributed by atoms with van der Waals surface area (Å²) in [4.78, 5) is 13.4. The first-order valence-corrected chi connectivity index (χ1v) is 9.17. The Labute approximate surface area is 156 Å². The summed E-state index contributed by atoms with van der Waals surface area (Å²) in [6, 6.07) is 20.0. The molecule has 2 aromatic carbocycles. The lowest BCUT2D eigenvalue weighted by Gasteiger charge is -2.36. The Morgan fingerprint density at radius 1 is 0.923 bits per heavy atom. The van der Waals surface area contributed by atoms with E-state index in [1.807, 2.05) is 36.4 Å². The van der Waals surface area contributed by atoms with Crippen LogP contribution in [0.1, 0.15) is 37.8 Å². The van der Waals surface area contributed by atoms with Crippen molar-refractivity contribution in [3.8, 4) is 0 Å². The Bertz CT molecular complexity index is 616. The molecule has 0 spiro atoms. The van der Waals surface area contributed by atoms with Gasteiger partial charge in [-0.25, -0.2) is 0 Å². The Morgan fingerprint density at radius 2 is 1.38 bits per heavy atom. The molecular formula is C22H29NO3. The summed E-state index contributed by atoms with van der Waals surface area (Å²) in [6.07, 6.45) is -0.395. The zero-order valence-electron chi connectivity index (χ0n) is 15.6. The summed E-state index contributed by atoms with van der Waals surface area (Å²) in [5.74, 6) is -0.608. The molecule has 2 atom stereocenters. The molecule has 0 aliphatic rings. The third-order valence-corrected chi connectivity index (χ3v) is 4.47. The minimum absolute atomic E-state index is 0.216. The number of aliphatic hydroxyl groups is 1. The summed E-state index contributed by atoms with van der Waals surface area (Å²) in [6.45, 7) is 5.54. The van der Waals surface area contributed by atoms with E-state index in [1.165, 1.54) is 0 Å². The maximum atomic E-state index is 11.2. The molecule has 0 aliphatic carbocycles. The number of rotatable bonds is 10. The van der Waals surface area contributed by atoms with Gasteiger partial charge in [-0.15, -0.1) is 0 Å². The van der Waals surface area contributed by atoms with Crippen LogP contribution in [0.4, 0.5) is 0 Å². The van der Waals surface area contributed by atoms with E-state index in [-0.39, 0.29) is 12.5 Å². The normalized spacial score (nSPS) is 13.7. The molecule has 4 nitrogen and oxygen atoms in total. The van der Waals surface area contributed by atoms with Crippen LogP contribution in [0.15, 0.2) is 60.7 Å². The van der Waals surface area contributed by atoms with Crippen LogP contribution in [0.25, 0.3) is 0 Å². The number of aliphatic hydroxyl groups excluding tert-OH is 1. The molecule has 0 saturated carbocycles. The average molecular weight is 355 g/mol. The van der Waals surface area contributed by atoms with Crippen molar-refractivity contribution in [3.05, 3.63) is 71.8 Å². The molecule has 0 heterocycles. The Balaban J connectivity index is 2.28. The van der Waals surface area contributed by atoms with Crippen LogP contribution in [-0.4, -0.2) is 33.2 Å². The van der Waals surface area contributed by atoms with Gasteiger partial charge in [0.15, 0.2) is 0 Å². The van der Waals surface area contributed by atoms with Crippen molar-refractivity contribution in [3.63, 3.8) is 0 Å². The van der Waals surface area contributed by atoms with Crippen molar-refractivity contribution in [2.24, 2.45) is 5.92 Å². The van der Waals surface area contributed by atoms with E-state index in [9.17, 15) is 9.90 Å². The topological polar surface area (TPSA) is 60.8 Å². The highest BCUT2D eigenvalue weighted by atomic mass is 16.4. The lowest BCUT2D eigenvalue weighted by Crippen LogP contribution is -2.44. The monoisotopic (exact) mass is 355 g/mol. The summed E-state index contributed by atoms with van der Waals surface area (Å²) >= 11 is 0. The zero-order valence-corrected chi connectivity index (χ0v) is 15.6. The number of carboxylic acid groups (broad SMARTS) is 1. The summed E-state index contributed by atoms with van der Waals surface area (Å²) < 4.78 is 0. The van der Waals surface area contributed by atoms with Crippen molar-refractivity contribution >= 4 is 5.97 Å². The van der Waals surface area contributed by atoms with Gasteiger partial charge >= 0.3 is 5.97 Å². The predicted molar refractivity (Wildman–Crippen MR) is 104 cm³/mol. The predicted octanol–water partition coefficient (Wildman–Crippen LogP) is 3.94. The van der Waals surface area contributed by atoms with E-state index in [0.717, 1.165) is 17.5 Å². The smallest absolute Gasteiger partial charge is 0.306 e. The highest BCUT2D eigenvalue weighted by molar-refractivity contribution is 5.67. The largest absolute Gasteiger partial charge is 0.481 e. The second kappa shape index (κ2) is 10.1. The molecular weight excluding hydrogens is 326 g/mol. The average Bonchev–Trinajstić information content (AvgIpc) is 2.60. The molecule has 0 bridgehead atoms. The van der Waals surface area contributed by atoms with E-state index >= 15 is 0 Å². The fourth-order valence-corrected chi connectivity index (χ4v) is 3.27. The van der Waals surface area contributed by atoms with Gasteiger partial charge in [-0.05, 0) is 23.5 Å². The first-order chi connectivity index (χ1) is 12.5. The zero-order chi connectivity index (χ0) is 18.9. The highest BCUT2D eigenvalue weighted by Crippen LogP contribution is 2.22. The van der Waals surface area contributed by atoms with E-state index in [1.54, 1.807) is 0 Å². The van der Waals surface area contributed by atoms with E-state index < -0.39 is 12.1 Å². The van der Waals surface area contributed by atoms with Crippen LogP contribution in [0, 0.1) is 5.92 Å². The number of hydrogen-bond acceptors (Lipinski definition) is 3. The van der Waals surface area contributed by atoms with Crippen LogP contribution in [-0.2, 0) is 17.9 Å². The molecule has 2 rings (SSSR count). The van der Waals surface area contributed by atoms with Crippen molar-refractivity contribution in [1.82, 2.24) is 4.90 Å². The van der Waals surface area contributed by atoms with Crippen LogP contribution >= 0.6 is 0 Å². The van der Waals surface area contributed by atoms with Crippen LogP contribution in [0.3, 0.4) is 0 Å². The minimum Gasteiger partial charge on any atom is -0.481 e. The number of nitrogens with zero attached hydrogens (tertiary/aromatic N) is 1. The second-order valence-corrected chi connectivity index (χ2v) is 7.24. The van der Waals surface area contributed by atoms with Gasteiger partial charge < -0.3 is 10.2 Å². The van der Waals surface area contributed by atoms with Crippen molar-refractivity contribution in [2.75, 3.05) is 0 Å². The molecule has 0 amide bonds. The van der Waals surface area contributed by atoms with E-state index in [4.69, 9.17) is 5.11 Å². The number of carboxylic acids is 1. The molecule has 2 aromatic rings. The van der Waals surface area contributed by atoms with Gasteiger partial charge in [0.05, 0.1) is 12.5 Å². The minimum atomic E-state index is -0.967. The van der Waals surface area contributed by atoms with Gasteiger partial charge in [-0.2, -0.15) is 0 Å². The van der Waals surface area contributed by atoms with Gasteiger partial charge in [0, 0.05) is 19.1 Å². The standard InChI is InChI=1S/C22H29NO3/c1-17(2)13-20(21(24)14-22(25)26)23(15-18-9-5-3-6-10-18)16-19-11-7-4-8-12-19/h3-12,17,20-21,24H,13-16H2,1-2H3,(H,25,26)/t20-,21-/m0/s1. The first-order valence-electron chi connectivity index (χ1n) is 9.17. The fourth-order valence-electron chi connectivity index (χ4n) is 3.27. The Kier molecular flexibility index (Phi) is 7.82. The van der Waals surface area contributed by atoms with Gasteiger partial charge in [-0.1, -0.05) is 74.5 Å². The quantitative estimate of drug-likeness (QED) is 0.678. The van der Waals surface area contributed by atoms with Gasteiger partial charge in [0.25, 0.3) is 0 Å². The third-order valence-electron chi connectivity index (χ3n) is 4.47. The molecule has 0 fully saturated rings. The number of benzene rings is 2. The van der Waals surface area contributed by atoms with Crippen molar-refractivity contribution in [1.29, 1.82) is 0 Å². The number of carbonyl (C=O) groups is 1. The van der Waals surface area contributed by atoms with Crippen LogP contribution in [0.2, 0.25) is 0 Å². The molecule has 26 heavy (non-hydrogen) atoms. The molecule has 2 N–H and O–H groups in total. The number of aliphatic carboxylic acids is 1. The SMILES string of the molecule is CC(C)C[C@@H]([C@@H](O)CC(=O)O)N(Cc1ccccc1)Cc1ccccc1. The first kappa shape index (κ1) is 20.1. The van der Waals surface area contributed by atoms with Crippen LogP contribution in [0.5, 0.6) is 0 Å². The summed E-state index contributed by atoms with van der Waals surface area (Å²) in [5.41, 5.74) is 2.31. The molecule has 140 valence electrons. The van der Waals surface area contributed by atoms with E-state index in [0.29, 0.717) is 19.0 Å². The Hall–Kier alpha value is -2.17. The summed E-state index contributed by atoms with van der Waals surface area (Å²) in [7, 11) is 0. The van der Waals surface area contributed by atoms with Gasteiger partial charge in [0.1, 0.15) is 0 Å². The van der Waals surface area contributed by atoms with Gasteiger partial charge in [0.2, 0.25) is 0 Å². The lowest BCUT2D eigenvalue weighted by atomic mass is 9.94. The third kappa shape index (κ3) is 6.62. The van der Waals surface area contributed by atoms with Crippen LogP contribution < -0.4 is 0 Å². The highest BCUT2D eigenvalue weighted by Gasteiger charge is 2.28. The number of hydrogen-bond donors (Lipinski definition) is 2. The molecule has 0 aromatic heterocycles. The van der Waals surface area contributed by atoms with Gasteiger partial charge in [-0.3, -0.25) is 9.69 Å². The Morgan fingerprint density at radius 3 is 1.77 bits per heavy atom. The molecule has 0 unspecified atom stereocenters. The second-order valence-electron chi connectivity index (χ2n) is 7.24. The summed E-state index contributed by atoms with van der Waals surface area (Å²) in [5, 5.41) is 19.8. The van der Waals surface area contributed by atoms with Crippen molar-refractivity contribution in [2.45, 2.75) is 51.9 Å². The maximum absolute atomic E-state index is 11.2. The molecule has 4 heteroatoms. The van der Waals surface area contributed by atoms with Crippen molar-refractivity contribution < 1.29 is 15.0 Å². The molecule has 0 radical (unpaired) electrons. The molecule has 0 saturated heterocycles. The fraction of sp³-hybridized carbons (Fsp3) is 0.409. The lowest BCUT2D eigenvalue weighted by molar-refractivity contribution is -0.140. The maximum Gasteiger partial charge on any atom is 0.306 e. The van der Waals surface area contributed by atoms with E-state index in [2.05, 4.69) is 43.0 Å². The molecule has 0 aliphatic heterocycles.